The van der Waals surface area contributed by atoms with Crippen LogP contribution in [-0.4, -0.2) is 25.2 Å². The van der Waals surface area contributed by atoms with Gasteiger partial charge in [0.2, 0.25) is 0 Å². The topological polar surface area (TPSA) is 43.4 Å². The Kier molecular flexibility index (Phi) is 5.35. The van der Waals surface area contributed by atoms with Crippen LogP contribution >= 0.6 is 0 Å². The molecular formula is C23H30N2O2. The molecule has 4 rings (SSSR count). The fourth-order valence-corrected chi connectivity index (χ4v) is 5.19. The van der Waals surface area contributed by atoms with Crippen molar-refractivity contribution in [2.24, 2.45) is 11.8 Å². The second kappa shape index (κ2) is 7.89. The predicted octanol–water partition coefficient (Wildman–Crippen LogP) is 4.47. The van der Waals surface area contributed by atoms with E-state index in [0.717, 1.165) is 29.9 Å². The van der Waals surface area contributed by atoms with Crippen molar-refractivity contribution < 1.29 is 9.47 Å². The highest BCUT2D eigenvalue weighted by Gasteiger charge is 2.51. The van der Waals surface area contributed by atoms with E-state index in [1.165, 1.54) is 42.4 Å². The summed E-state index contributed by atoms with van der Waals surface area (Å²) in [4.78, 5) is 4.22. The molecule has 1 heterocycles. The monoisotopic (exact) mass is 366 g/mol. The Morgan fingerprint density at radius 1 is 1.04 bits per heavy atom. The summed E-state index contributed by atoms with van der Waals surface area (Å²) in [7, 11) is 3.41. The lowest BCUT2D eigenvalue weighted by Crippen LogP contribution is -2.57. The molecule has 0 unspecified atom stereocenters. The molecule has 1 aromatic carbocycles. The van der Waals surface area contributed by atoms with Crippen molar-refractivity contribution in [3.8, 4) is 11.5 Å². The van der Waals surface area contributed by atoms with Crippen molar-refractivity contribution >= 4 is 0 Å². The first-order valence-electron chi connectivity index (χ1n) is 10.1. The first-order chi connectivity index (χ1) is 13.2. The van der Waals surface area contributed by atoms with Gasteiger partial charge in [0.15, 0.2) is 11.5 Å². The number of hydrogen-bond donors (Lipinski definition) is 1. The fraction of sp³-hybridized carbons (Fsp3) is 0.522. The molecule has 4 atom stereocenters. The van der Waals surface area contributed by atoms with Crippen LogP contribution in [0.5, 0.6) is 11.5 Å². The summed E-state index contributed by atoms with van der Waals surface area (Å²) < 4.78 is 11.0. The van der Waals surface area contributed by atoms with Crippen molar-refractivity contribution in [1.82, 2.24) is 10.3 Å². The van der Waals surface area contributed by atoms with Crippen LogP contribution in [0.25, 0.3) is 0 Å². The van der Waals surface area contributed by atoms with E-state index in [1.54, 1.807) is 14.2 Å². The highest BCUT2D eigenvalue weighted by Crippen LogP contribution is 2.55. The van der Waals surface area contributed by atoms with Crippen LogP contribution in [0.2, 0.25) is 0 Å². The Morgan fingerprint density at radius 3 is 2.56 bits per heavy atom. The number of methoxy groups -OCH3 is 2. The molecule has 0 bridgehead atoms. The molecule has 4 heteroatoms. The highest BCUT2D eigenvalue weighted by atomic mass is 16.5. The van der Waals surface area contributed by atoms with Gasteiger partial charge in [-0.2, -0.15) is 0 Å². The molecule has 144 valence electrons. The summed E-state index contributed by atoms with van der Waals surface area (Å²) in [5, 5.41) is 3.89. The predicted molar refractivity (Wildman–Crippen MR) is 107 cm³/mol. The fourth-order valence-electron chi connectivity index (χ4n) is 5.19. The van der Waals surface area contributed by atoms with Gasteiger partial charge in [-0.25, -0.2) is 0 Å². The molecule has 0 spiro atoms. The van der Waals surface area contributed by atoms with Gasteiger partial charge in [-0.15, -0.1) is 0 Å². The number of nitrogens with one attached hydrogen (secondary N) is 1. The third-order valence-electron chi connectivity index (χ3n) is 6.64. The second-order valence-corrected chi connectivity index (χ2v) is 7.96. The largest absolute Gasteiger partial charge is 0.493 e. The average Bonchev–Trinajstić information content (AvgIpc) is 2.70. The molecule has 27 heavy (non-hydrogen) atoms. The van der Waals surface area contributed by atoms with Crippen molar-refractivity contribution in [2.45, 2.75) is 51.1 Å². The van der Waals surface area contributed by atoms with Gasteiger partial charge in [-0.05, 0) is 66.5 Å². The number of nitrogens with zero attached hydrogens (tertiary/aromatic N) is 1. The van der Waals surface area contributed by atoms with Crippen LogP contribution in [0.1, 0.15) is 48.3 Å². The molecule has 0 radical (unpaired) electrons. The molecule has 0 aliphatic heterocycles. The molecule has 1 aromatic heterocycles. The van der Waals surface area contributed by atoms with Crippen LogP contribution in [0.4, 0.5) is 0 Å². The van der Waals surface area contributed by atoms with E-state index in [2.05, 4.69) is 35.4 Å². The van der Waals surface area contributed by atoms with Gasteiger partial charge in [0.25, 0.3) is 0 Å². The van der Waals surface area contributed by atoms with E-state index in [1.807, 2.05) is 18.5 Å². The van der Waals surface area contributed by atoms with E-state index < -0.39 is 0 Å². The maximum absolute atomic E-state index is 5.56. The highest BCUT2D eigenvalue weighted by molar-refractivity contribution is 5.45. The van der Waals surface area contributed by atoms with Crippen molar-refractivity contribution in [3.05, 3.63) is 53.3 Å². The number of ether oxygens (including phenoxy) is 2. The summed E-state index contributed by atoms with van der Waals surface area (Å²) in [6, 6.07) is 9.12. The second-order valence-electron chi connectivity index (χ2n) is 7.96. The van der Waals surface area contributed by atoms with Crippen molar-refractivity contribution in [1.29, 1.82) is 0 Å². The lowest BCUT2D eigenvalue weighted by molar-refractivity contribution is 0.0252. The summed E-state index contributed by atoms with van der Waals surface area (Å²) in [5.74, 6) is 3.76. The van der Waals surface area contributed by atoms with E-state index in [9.17, 15) is 0 Å². The number of rotatable bonds is 6. The van der Waals surface area contributed by atoms with Gasteiger partial charge in [-0.1, -0.05) is 18.9 Å². The first kappa shape index (κ1) is 18.3. The minimum atomic E-state index is 0.529. The summed E-state index contributed by atoms with van der Waals surface area (Å²) in [6.45, 7) is 3.05. The number of pyridine rings is 1. The molecule has 2 aliphatic rings. The molecule has 1 N–H and O–H groups in total. The minimum absolute atomic E-state index is 0.529. The molecule has 4 nitrogen and oxygen atoms in total. The van der Waals surface area contributed by atoms with Gasteiger partial charge in [-0.3, -0.25) is 4.98 Å². The SMILES string of the molecule is COc1ccc([C@H]2[C@H]3CCCC[C@H]3[C@@H]2NCc2ccncc2C)cc1OC. The summed E-state index contributed by atoms with van der Waals surface area (Å²) >= 11 is 0. The Bertz CT molecular complexity index is 792. The average molecular weight is 367 g/mol. The van der Waals surface area contributed by atoms with Crippen molar-refractivity contribution in [2.75, 3.05) is 14.2 Å². The maximum atomic E-state index is 5.56. The Hall–Kier alpha value is -2.07. The van der Waals surface area contributed by atoms with Crippen LogP contribution in [0.15, 0.2) is 36.7 Å². The summed E-state index contributed by atoms with van der Waals surface area (Å²) in [6.07, 6.45) is 9.26. The van der Waals surface area contributed by atoms with Crippen LogP contribution in [0.3, 0.4) is 0 Å². The Morgan fingerprint density at radius 2 is 1.81 bits per heavy atom. The normalized spacial score (nSPS) is 26.8. The van der Waals surface area contributed by atoms with Gasteiger partial charge < -0.3 is 14.8 Å². The van der Waals surface area contributed by atoms with Gasteiger partial charge >= 0.3 is 0 Å². The Labute approximate surface area is 162 Å². The number of hydrogen-bond acceptors (Lipinski definition) is 4. The number of aromatic nitrogens is 1. The number of aryl methyl sites for hydroxylation is 1. The molecule has 0 saturated heterocycles. The van der Waals surface area contributed by atoms with Crippen LogP contribution < -0.4 is 14.8 Å². The van der Waals surface area contributed by atoms with Gasteiger partial charge in [0, 0.05) is 30.9 Å². The smallest absolute Gasteiger partial charge is 0.160 e. The standard InChI is InChI=1S/C23H30N2O2/c1-15-13-24-11-10-17(15)14-25-23-19-7-5-4-6-18(19)22(23)16-8-9-20(26-2)21(12-16)27-3/h8-13,18-19,22-23,25H,4-7,14H2,1-3H3/t18-,19+,22-,23-/m0/s1. The number of fused-ring (bicyclic) bond motifs is 1. The third kappa shape index (κ3) is 3.43. The van der Waals surface area contributed by atoms with Crippen LogP contribution in [-0.2, 0) is 6.54 Å². The zero-order chi connectivity index (χ0) is 18.8. The zero-order valence-corrected chi connectivity index (χ0v) is 16.6. The maximum Gasteiger partial charge on any atom is 0.160 e. The minimum Gasteiger partial charge on any atom is -0.493 e. The lowest BCUT2D eigenvalue weighted by atomic mass is 9.53. The molecular weight excluding hydrogens is 336 g/mol. The van der Waals surface area contributed by atoms with Crippen LogP contribution in [0, 0.1) is 18.8 Å². The molecule has 2 aromatic rings. The van der Waals surface area contributed by atoms with Gasteiger partial charge in [0.1, 0.15) is 0 Å². The van der Waals surface area contributed by atoms with Crippen molar-refractivity contribution in [3.63, 3.8) is 0 Å². The van der Waals surface area contributed by atoms with E-state index in [4.69, 9.17) is 9.47 Å². The van der Waals surface area contributed by atoms with E-state index in [0.29, 0.717) is 12.0 Å². The third-order valence-corrected chi connectivity index (χ3v) is 6.64. The van der Waals surface area contributed by atoms with E-state index in [-0.39, 0.29) is 0 Å². The Balaban J connectivity index is 1.56. The molecule has 2 aliphatic carbocycles. The molecule has 2 fully saturated rings. The lowest BCUT2D eigenvalue weighted by Gasteiger charge is -2.55. The zero-order valence-electron chi connectivity index (χ0n) is 16.6. The first-order valence-corrected chi connectivity index (χ1v) is 10.1. The van der Waals surface area contributed by atoms with E-state index >= 15 is 0 Å². The van der Waals surface area contributed by atoms with Gasteiger partial charge in [0.05, 0.1) is 14.2 Å². The molecule has 0 amide bonds. The molecule has 2 saturated carbocycles. The number of benzene rings is 1. The summed E-state index contributed by atoms with van der Waals surface area (Å²) in [5.41, 5.74) is 3.97. The quantitative estimate of drug-likeness (QED) is 0.819.